The van der Waals surface area contributed by atoms with Crippen molar-refractivity contribution in [1.82, 2.24) is 44.1 Å². The van der Waals surface area contributed by atoms with Crippen LogP contribution in [0.4, 0.5) is 11.6 Å². The van der Waals surface area contributed by atoms with Gasteiger partial charge in [-0.25, -0.2) is 0 Å². The number of unbranched alkanes of at least 4 members (excludes halogenated alkanes) is 2. The monoisotopic (exact) mass is 1080 g/mol. The molecular weight excluding hydrogens is 983 g/mol. The second kappa shape index (κ2) is 30.4. The Hall–Kier alpha value is -4.73. The van der Waals surface area contributed by atoms with Crippen LogP contribution >= 0.6 is 0 Å². The predicted molar refractivity (Wildman–Crippen MR) is 320 cm³/mol. The molecule has 2 aliphatic heterocycles. The number of anilines is 2. The molecule has 0 bridgehead atoms. The summed E-state index contributed by atoms with van der Waals surface area (Å²) >= 11 is 0. The maximum absolute atomic E-state index is 11.6. The molecule has 0 radical (unpaired) electrons. The Morgan fingerprint density at radius 1 is 0.684 bits per heavy atom. The molecule has 5 heterocycles. The van der Waals surface area contributed by atoms with Crippen molar-refractivity contribution in [1.29, 1.82) is 0 Å². The fourth-order valence-electron chi connectivity index (χ4n) is 9.73. The van der Waals surface area contributed by atoms with E-state index in [4.69, 9.17) is 35.6 Å². The van der Waals surface area contributed by atoms with E-state index < -0.39 is 14.2 Å². The maximum Gasteiger partial charge on any atom is 0.319 e. The third-order valence-corrected chi connectivity index (χ3v) is 20.2. The van der Waals surface area contributed by atoms with Gasteiger partial charge in [-0.2, -0.15) is 19.9 Å². The second-order valence-corrected chi connectivity index (χ2v) is 32.2. The van der Waals surface area contributed by atoms with Gasteiger partial charge in [-0.05, 0) is 73.6 Å². The van der Waals surface area contributed by atoms with E-state index in [1.54, 1.807) is 0 Å². The average molecular weight is 1080 g/mol. The summed E-state index contributed by atoms with van der Waals surface area (Å²) in [4.78, 5) is 27.9. The number of piperazine rings is 2. The van der Waals surface area contributed by atoms with Gasteiger partial charge in [0, 0.05) is 106 Å². The lowest BCUT2D eigenvalue weighted by molar-refractivity contribution is 0.0899. The zero-order valence-electron chi connectivity index (χ0n) is 48.3. The van der Waals surface area contributed by atoms with Crippen molar-refractivity contribution < 1.29 is 19.3 Å². The summed E-state index contributed by atoms with van der Waals surface area (Å²) in [6.07, 6.45) is 8.90. The van der Waals surface area contributed by atoms with E-state index in [0.29, 0.717) is 60.8 Å². The lowest BCUT2D eigenvalue weighted by Crippen LogP contribution is -2.43. The quantitative estimate of drug-likeness (QED) is 0.0394. The zero-order valence-corrected chi connectivity index (χ0v) is 50.4. The fourth-order valence-corrected chi connectivity index (χ4v) is 12.2. The van der Waals surface area contributed by atoms with Gasteiger partial charge in [-0.1, -0.05) is 140 Å². The van der Waals surface area contributed by atoms with Gasteiger partial charge in [0.2, 0.25) is 0 Å². The highest BCUT2D eigenvalue weighted by Crippen LogP contribution is 2.35. The molecule has 2 saturated heterocycles. The van der Waals surface area contributed by atoms with Crippen molar-refractivity contribution in [3.8, 4) is 12.0 Å². The molecule has 76 heavy (non-hydrogen) atoms. The largest absolute Gasteiger partial charge is 0.463 e. The summed E-state index contributed by atoms with van der Waals surface area (Å²) in [5.74, 6) is 0.865. The molecule has 1 atom stereocenters. The number of hydrogen-bond donors (Lipinski definition) is 3. The van der Waals surface area contributed by atoms with Crippen LogP contribution < -0.4 is 20.9 Å². The van der Waals surface area contributed by atoms with Crippen LogP contribution in [0.3, 0.4) is 0 Å². The molecule has 2 aromatic carbocycles. The molecule has 0 saturated carbocycles. The van der Waals surface area contributed by atoms with Crippen molar-refractivity contribution in [2.24, 2.45) is 0 Å². The molecule has 5 aromatic rings. The lowest BCUT2D eigenvalue weighted by Gasteiger charge is -2.32. The minimum absolute atomic E-state index is 0.171. The topological polar surface area (TPSA) is 169 Å². The number of aliphatic hydroxyl groups is 1. The third-order valence-electron chi connectivity index (χ3n) is 15.0. The minimum atomic E-state index is -1.21. The Balaban J connectivity index is 0.000000224. The van der Waals surface area contributed by atoms with Crippen LogP contribution in [0.5, 0.6) is 12.0 Å². The number of fused-ring (bicyclic) bond motifs is 2. The number of ether oxygens (including phenoxy) is 3. The van der Waals surface area contributed by atoms with Crippen LogP contribution in [0, 0.1) is 0 Å². The van der Waals surface area contributed by atoms with Crippen molar-refractivity contribution in [3.63, 3.8) is 0 Å². The zero-order chi connectivity index (χ0) is 54.6. The van der Waals surface area contributed by atoms with E-state index in [9.17, 15) is 5.11 Å². The highest BCUT2D eigenvalue weighted by atomic mass is 28.3. The molecule has 17 heteroatoms. The van der Waals surface area contributed by atoms with Crippen molar-refractivity contribution in [2.45, 2.75) is 143 Å². The van der Waals surface area contributed by atoms with Gasteiger partial charge in [0.25, 0.3) is 0 Å². The van der Waals surface area contributed by atoms with Gasteiger partial charge in [-0.3, -0.25) is 9.80 Å². The standard InChI is InChI=1S/C29H46N6O3Si.C24H33N5O.C6H16Si/c1-6-7-15-38-29-31-25-24(20-35(26(25)28(30)32-29)21-37-16-17-39(3,4)5)27(36)23-10-8-9-22(18-23)19-34-13-11-33(2)12-14-34;1-3-4-14-30-24-26-22-20(8-9-21(22)23(25)27-24)16-18-6-5-7-19(15-18)17-29-12-10-28(2)11-13-29;1-4-7(5-2)6-3/h8-10,18,20,27,36H,6-7,11-17,19,21H2,1-5H3,(H2,30,31,32);5-8,15H,3-4,9-14,16-17H2,1-2H3,(H2,25,26,27);7H,4-6H2,1-3H3. The van der Waals surface area contributed by atoms with E-state index in [-0.39, 0.29) is 14.8 Å². The molecule has 15 nitrogen and oxygen atoms in total. The molecule has 3 aromatic heterocycles. The van der Waals surface area contributed by atoms with Crippen LogP contribution in [-0.2, 0) is 37.4 Å². The van der Waals surface area contributed by atoms with Gasteiger partial charge in [0.15, 0.2) is 5.82 Å². The highest BCUT2D eigenvalue weighted by Gasteiger charge is 2.25. The van der Waals surface area contributed by atoms with E-state index in [0.717, 1.165) is 127 Å². The molecule has 0 amide bonds. The minimum Gasteiger partial charge on any atom is -0.463 e. The Morgan fingerprint density at radius 3 is 1.80 bits per heavy atom. The summed E-state index contributed by atoms with van der Waals surface area (Å²) in [7, 11) is 2.98. The Morgan fingerprint density at radius 2 is 1.24 bits per heavy atom. The highest BCUT2D eigenvalue weighted by molar-refractivity contribution is 6.76. The Labute approximate surface area is 459 Å². The summed E-state index contributed by atoms with van der Waals surface area (Å²) in [5.41, 5.74) is 22.5. The molecule has 418 valence electrons. The third kappa shape index (κ3) is 18.5. The first-order chi connectivity index (χ1) is 36.6. The van der Waals surface area contributed by atoms with E-state index in [1.807, 2.05) is 22.9 Å². The summed E-state index contributed by atoms with van der Waals surface area (Å²) in [6.45, 7) is 31.1. The molecular formula is C59H95N11O4Si2. The lowest BCUT2D eigenvalue weighted by atomic mass is 10.0. The number of likely N-dealkylation sites (N-methyl/N-ethyl adjacent to an activating group) is 2. The summed E-state index contributed by atoms with van der Waals surface area (Å²) in [5, 5.41) is 11.6. The molecule has 2 fully saturated rings. The van der Waals surface area contributed by atoms with E-state index in [2.05, 4.69) is 140 Å². The predicted octanol–water partition coefficient (Wildman–Crippen LogP) is 9.77. The van der Waals surface area contributed by atoms with Gasteiger partial charge >= 0.3 is 12.0 Å². The number of aromatic nitrogens is 5. The van der Waals surface area contributed by atoms with Crippen LogP contribution in [0.1, 0.15) is 105 Å². The van der Waals surface area contributed by atoms with E-state index >= 15 is 0 Å². The Bertz CT molecular complexity index is 2560. The number of hydrogen-bond acceptors (Lipinski definition) is 14. The number of nitrogen functional groups attached to an aromatic ring is 2. The average Bonchev–Trinajstić information content (AvgIpc) is 3.99. The van der Waals surface area contributed by atoms with Crippen LogP contribution in [-0.4, -0.2) is 152 Å². The first-order valence-corrected chi connectivity index (χ1v) is 34.8. The van der Waals surface area contributed by atoms with Crippen molar-refractivity contribution in [2.75, 3.05) is 97.7 Å². The number of allylic oxidation sites excluding steroid dienone is 2. The molecule has 5 N–H and O–H groups in total. The number of benzene rings is 2. The molecule has 3 aliphatic rings. The maximum atomic E-state index is 11.6. The fraction of sp³-hybridized carbons (Fsp3) is 0.593. The summed E-state index contributed by atoms with van der Waals surface area (Å²) < 4.78 is 19.5. The number of nitrogens with zero attached hydrogens (tertiary/aromatic N) is 9. The van der Waals surface area contributed by atoms with Crippen molar-refractivity contribution >= 4 is 45.1 Å². The van der Waals surface area contributed by atoms with Crippen LogP contribution in [0.15, 0.2) is 60.8 Å². The van der Waals surface area contributed by atoms with Crippen LogP contribution in [0.25, 0.3) is 16.6 Å². The van der Waals surface area contributed by atoms with Crippen molar-refractivity contribution in [3.05, 3.63) is 99.9 Å². The van der Waals surface area contributed by atoms with Crippen LogP contribution in [0.2, 0.25) is 43.8 Å². The Kier molecular flexibility index (Phi) is 24.2. The molecule has 0 spiro atoms. The van der Waals surface area contributed by atoms with Gasteiger partial charge < -0.3 is 45.2 Å². The molecule has 1 unspecified atom stereocenters. The SMILES string of the molecule is CCCCOc1nc(N)c2c(n1)C(Cc1cccc(CN3CCN(C)CC3)c1)=CC2.CCCCOc1nc(N)c2c(n1)c(C(O)c1cccc(CN3CCN(C)CC3)c1)cn2COCC[Si](C)(C)C.CC[SiH](CC)CC. The summed E-state index contributed by atoms with van der Waals surface area (Å²) in [6, 6.07) is 23.3. The van der Waals surface area contributed by atoms with Gasteiger partial charge in [0.1, 0.15) is 29.7 Å². The first-order valence-electron chi connectivity index (χ1n) is 28.6. The molecule has 8 rings (SSSR count). The number of nitrogens with two attached hydrogens (primary N) is 2. The molecule has 1 aliphatic carbocycles. The smallest absolute Gasteiger partial charge is 0.319 e. The van der Waals surface area contributed by atoms with Gasteiger partial charge in [0.05, 0.1) is 18.9 Å². The van der Waals surface area contributed by atoms with Gasteiger partial charge in [-0.15, -0.1) is 0 Å². The number of aliphatic hydroxyl groups excluding tert-OH is 1. The van der Waals surface area contributed by atoms with E-state index in [1.165, 1.54) is 40.4 Å². The number of rotatable bonds is 24. The normalized spacial score (nSPS) is 16.0. The second-order valence-electron chi connectivity index (χ2n) is 22.4. The first kappa shape index (κ1) is 60.5.